The molecule has 19 heteroatoms. The third kappa shape index (κ3) is 7.65. The zero-order valence-electron chi connectivity index (χ0n) is 39.5. The minimum atomic E-state index is -2.80. The van der Waals surface area contributed by atoms with Gasteiger partial charge in [0, 0.05) is 135 Å². The number of aryl methyl sites for hydroxylation is 1. The van der Waals surface area contributed by atoms with Crippen LogP contribution < -0.4 is 15.1 Å². The largest absolute Gasteiger partial charge is 0.381 e. The number of ether oxygens (including phenoxy) is 1. The molecule has 17 nitrogen and oxygen atoms in total. The van der Waals surface area contributed by atoms with E-state index in [4.69, 9.17) is 9.84 Å². The third-order valence-corrected chi connectivity index (χ3v) is 16.2. The van der Waals surface area contributed by atoms with Gasteiger partial charge in [0.2, 0.25) is 23.6 Å². The number of hydrogen-bond acceptors (Lipinski definition) is 11. The number of pyridine rings is 1. The Morgan fingerprint density at radius 3 is 2.42 bits per heavy atom. The molecule has 0 bridgehead atoms. The van der Waals surface area contributed by atoms with Crippen LogP contribution in [-0.4, -0.2) is 128 Å². The summed E-state index contributed by atoms with van der Waals surface area (Å²) in [6, 6.07) is 9.63. The van der Waals surface area contributed by atoms with Crippen LogP contribution >= 0.6 is 0 Å². The maximum Gasteiger partial charge on any atom is 0.264 e. The molecule has 3 aromatic heterocycles. The summed E-state index contributed by atoms with van der Waals surface area (Å²) in [7, 11) is 0. The lowest BCUT2D eigenvalue weighted by atomic mass is 9.72. The van der Waals surface area contributed by atoms with Crippen LogP contribution in [0.5, 0.6) is 0 Å². The molecule has 10 heterocycles. The lowest BCUT2D eigenvalue weighted by molar-refractivity contribution is -0.145. The van der Waals surface area contributed by atoms with E-state index >= 15 is 8.78 Å². The highest BCUT2D eigenvalue weighted by Gasteiger charge is 2.48. The van der Waals surface area contributed by atoms with Crippen molar-refractivity contribution >= 4 is 63.5 Å². The Balaban J connectivity index is 0.755. The molecule has 1 spiro atoms. The molecule has 0 radical (unpaired) electrons. The Labute approximate surface area is 407 Å². The molecule has 368 valence electrons. The monoisotopic (exact) mass is 968 g/mol. The van der Waals surface area contributed by atoms with E-state index in [0.717, 1.165) is 70.8 Å². The minimum absolute atomic E-state index is 0.00989. The molecule has 0 aliphatic carbocycles. The predicted octanol–water partition coefficient (Wildman–Crippen LogP) is 5.71. The molecule has 7 aliphatic rings. The Morgan fingerprint density at radius 1 is 0.873 bits per heavy atom. The van der Waals surface area contributed by atoms with E-state index in [9.17, 15) is 28.8 Å². The molecule has 0 saturated carbocycles. The van der Waals surface area contributed by atoms with E-state index in [0.29, 0.717) is 94.1 Å². The average molecular weight is 969 g/mol. The van der Waals surface area contributed by atoms with Crippen LogP contribution in [0.2, 0.25) is 0 Å². The standard InChI is InChI=1S/C52H54F2N10O7/c1-30(65)59-16-9-42-40(26-59)48(57-64(42)32-10-19-71-20-11-32)62-15-2-3-31-21-35(36(47(53)54)23-44(31)62)39-25-60(41-8-14-55-24-38(39)41)27-46(67)61-28-52(29-61)12-17-58(18-13-52)33-4-5-34-37(22-33)51(70)63(50(34)69)43-6-7-45(66)56-49(43)68/h4-5,8,14,21-25,32,43,47H,2-3,6-7,9-13,15-20,26-29H2,1H3,(H,56,66,68). The molecule has 4 fully saturated rings. The highest BCUT2D eigenvalue weighted by Crippen LogP contribution is 2.46. The van der Waals surface area contributed by atoms with Crippen LogP contribution in [0.4, 0.5) is 26.0 Å². The van der Waals surface area contributed by atoms with Crippen molar-refractivity contribution in [2.24, 2.45) is 5.41 Å². The van der Waals surface area contributed by atoms with Crippen molar-refractivity contribution in [1.29, 1.82) is 0 Å². The number of amides is 6. The number of aromatic nitrogens is 4. The summed E-state index contributed by atoms with van der Waals surface area (Å²) in [5.41, 5.74) is 6.51. The molecule has 1 unspecified atom stereocenters. The van der Waals surface area contributed by atoms with Crippen LogP contribution in [0.25, 0.3) is 22.0 Å². The van der Waals surface area contributed by atoms with Gasteiger partial charge in [0.05, 0.1) is 29.2 Å². The lowest BCUT2D eigenvalue weighted by Crippen LogP contribution is -2.62. The Morgan fingerprint density at radius 2 is 1.66 bits per heavy atom. The van der Waals surface area contributed by atoms with Crippen LogP contribution in [0.1, 0.15) is 107 Å². The van der Waals surface area contributed by atoms with Crippen molar-refractivity contribution in [3.05, 3.63) is 88.5 Å². The van der Waals surface area contributed by atoms with Gasteiger partial charge in [-0.3, -0.25) is 48.6 Å². The Kier molecular flexibility index (Phi) is 11.1. The predicted molar refractivity (Wildman–Crippen MR) is 255 cm³/mol. The van der Waals surface area contributed by atoms with Crippen molar-refractivity contribution in [2.45, 2.75) is 96.3 Å². The van der Waals surface area contributed by atoms with Crippen molar-refractivity contribution in [3.8, 4) is 11.1 Å². The number of anilines is 3. The zero-order chi connectivity index (χ0) is 48.9. The van der Waals surface area contributed by atoms with E-state index in [1.165, 1.54) is 0 Å². The normalized spacial score (nSPS) is 21.2. The number of nitrogens with zero attached hydrogens (tertiary/aromatic N) is 9. The third-order valence-electron chi connectivity index (χ3n) is 16.2. The second kappa shape index (κ2) is 17.4. The number of likely N-dealkylation sites (tertiary alicyclic amines) is 1. The Bertz CT molecular complexity index is 3070. The average Bonchev–Trinajstić information content (AvgIpc) is 4.01. The quantitative estimate of drug-likeness (QED) is 0.189. The van der Waals surface area contributed by atoms with Crippen LogP contribution in [0.15, 0.2) is 55.0 Å². The maximum atomic E-state index is 15.5. The molecule has 4 saturated heterocycles. The molecule has 5 aromatic rings. The summed E-state index contributed by atoms with van der Waals surface area (Å²) in [6.07, 6.45) is 7.92. The fraction of sp³-hybridized carbons (Fsp3) is 0.462. The molecular formula is C52H54F2N10O7. The zero-order valence-corrected chi connectivity index (χ0v) is 39.5. The van der Waals surface area contributed by atoms with E-state index in [-0.39, 0.29) is 59.3 Å². The van der Waals surface area contributed by atoms with E-state index in [1.54, 1.807) is 37.5 Å². The number of alkyl halides is 2. The van der Waals surface area contributed by atoms with Crippen molar-refractivity contribution in [1.82, 2.24) is 39.3 Å². The van der Waals surface area contributed by atoms with Gasteiger partial charge in [-0.25, -0.2) is 8.78 Å². The Hall–Kier alpha value is -7.02. The van der Waals surface area contributed by atoms with Gasteiger partial charge in [0.1, 0.15) is 12.6 Å². The first kappa shape index (κ1) is 45.1. The summed E-state index contributed by atoms with van der Waals surface area (Å²) >= 11 is 0. The number of carbonyl (C=O) groups is 6. The number of fused-ring (bicyclic) bond motifs is 4. The number of imide groups is 2. The smallest absolute Gasteiger partial charge is 0.264 e. The molecule has 1 N–H and O–H groups in total. The number of rotatable bonds is 8. The van der Waals surface area contributed by atoms with Gasteiger partial charge in [-0.2, -0.15) is 5.10 Å². The van der Waals surface area contributed by atoms with Gasteiger partial charge in [-0.1, -0.05) is 0 Å². The molecule has 12 rings (SSSR count). The molecule has 1 atom stereocenters. The van der Waals surface area contributed by atoms with E-state index in [2.05, 4.69) is 24.8 Å². The fourth-order valence-corrected chi connectivity index (χ4v) is 12.3. The fourth-order valence-electron chi connectivity index (χ4n) is 12.3. The van der Waals surface area contributed by atoms with Crippen molar-refractivity contribution < 1.29 is 42.3 Å². The molecule has 71 heavy (non-hydrogen) atoms. The summed E-state index contributed by atoms with van der Waals surface area (Å²) in [5, 5.41) is 8.14. The first-order valence-electron chi connectivity index (χ1n) is 24.8. The number of carbonyl (C=O) groups excluding carboxylic acids is 6. The first-order chi connectivity index (χ1) is 34.3. The SMILES string of the molecule is CC(=O)N1CCc2c(c(N3CCCc4cc(-c5cn(CC(=O)N6CC7(CCN(c8ccc9c(c8)C(=O)N(C8CCC(=O)NC8=O)C9=O)CC7)C6)c6ccncc56)c(C(F)F)cc43)nn2C2CCOCC2)C1. The van der Waals surface area contributed by atoms with E-state index in [1.807, 2.05) is 38.8 Å². The van der Waals surface area contributed by atoms with Gasteiger partial charge < -0.3 is 28.9 Å². The second-order valence-electron chi connectivity index (χ2n) is 20.3. The van der Waals surface area contributed by atoms with Gasteiger partial charge >= 0.3 is 0 Å². The number of hydrogen-bond donors (Lipinski definition) is 1. The van der Waals surface area contributed by atoms with Gasteiger partial charge in [0.15, 0.2) is 5.82 Å². The molecule has 7 aliphatic heterocycles. The molecular weight excluding hydrogens is 915 g/mol. The van der Waals surface area contributed by atoms with Gasteiger partial charge in [0.25, 0.3) is 18.2 Å². The van der Waals surface area contributed by atoms with Crippen molar-refractivity contribution in [3.63, 3.8) is 0 Å². The van der Waals surface area contributed by atoms with Crippen molar-refractivity contribution in [2.75, 3.05) is 62.3 Å². The number of halogens is 2. The molecule has 2 aromatic carbocycles. The summed E-state index contributed by atoms with van der Waals surface area (Å²) < 4.78 is 40.6. The van der Waals surface area contributed by atoms with Crippen LogP contribution in [0.3, 0.4) is 0 Å². The number of benzene rings is 2. The second-order valence-corrected chi connectivity index (χ2v) is 20.3. The maximum absolute atomic E-state index is 15.5. The first-order valence-corrected chi connectivity index (χ1v) is 24.8. The summed E-state index contributed by atoms with van der Waals surface area (Å²) in [6.45, 7) is 7.07. The number of piperidine rings is 2. The van der Waals surface area contributed by atoms with Gasteiger partial charge in [-0.05, 0) is 92.5 Å². The summed E-state index contributed by atoms with van der Waals surface area (Å²) in [4.78, 5) is 91.0. The van der Waals surface area contributed by atoms with E-state index < -0.39 is 36.1 Å². The minimum Gasteiger partial charge on any atom is -0.381 e. The highest BCUT2D eigenvalue weighted by molar-refractivity contribution is 6.23. The lowest BCUT2D eigenvalue weighted by Gasteiger charge is -2.54. The summed E-state index contributed by atoms with van der Waals surface area (Å²) in [5.74, 6) is -1.51. The highest BCUT2D eigenvalue weighted by atomic mass is 19.3. The van der Waals surface area contributed by atoms with Crippen LogP contribution in [0, 0.1) is 5.41 Å². The van der Waals surface area contributed by atoms with Gasteiger partial charge in [-0.15, -0.1) is 0 Å². The van der Waals surface area contributed by atoms with Crippen LogP contribution in [-0.2, 0) is 49.8 Å². The molecule has 6 amide bonds. The topological polar surface area (TPSA) is 176 Å². The number of nitrogens with one attached hydrogen (secondary N) is 1.